The van der Waals surface area contributed by atoms with E-state index in [1.54, 1.807) is 19.2 Å². The zero-order valence-electron chi connectivity index (χ0n) is 15.7. The van der Waals surface area contributed by atoms with Crippen LogP contribution in [0, 0.1) is 12.7 Å². The molecule has 0 bridgehead atoms. The Morgan fingerprint density at radius 2 is 2.04 bits per heavy atom. The van der Waals surface area contributed by atoms with Crippen molar-refractivity contribution in [3.8, 4) is 5.75 Å². The molecule has 0 unspecified atom stereocenters. The molecular weight excluding hydrogens is 329 g/mol. The average molecular weight is 355 g/mol. The van der Waals surface area contributed by atoms with Crippen molar-refractivity contribution in [3.63, 3.8) is 0 Å². The standard InChI is InChI=1S/C22H26FNO2/c1-4-15-11-20(23)21(10-14(15)2)26-13-19-17(12-22(25)24-3)6-5-7-18(19)16-8-9-16/h5-7,10-11,16H,4,8-9,12-13H2,1-3H3,(H,24,25). The summed E-state index contributed by atoms with van der Waals surface area (Å²) in [5.74, 6) is 0.446. The predicted molar refractivity (Wildman–Crippen MR) is 101 cm³/mol. The van der Waals surface area contributed by atoms with E-state index in [1.807, 2.05) is 26.0 Å². The molecule has 0 saturated heterocycles. The maximum absolute atomic E-state index is 14.4. The summed E-state index contributed by atoms with van der Waals surface area (Å²) in [7, 11) is 1.64. The van der Waals surface area contributed by atoms with Gasteiger partial charge >= 0.3 is 0 Å². The Kier molecular flexibility index (Phi) is 5.60. The van der Waals surface area contributed by atoms with Gasteiger partial charge in [0.1, 0.15) is 6.61 Å². The van der Waals surface area contributed by atoms with Crippen LogP contribution in [-0.4, -0.2) is 13.0 Å². The van der Waals surface area contributed by atoms with E-state index in [0.29, 0.717) is 12.3 Å². The van der Waals surface area contributed by atoms with Crippen molar-refractivity contribution in [1.82, 2.24) is 5.32 Å². The van der Waals surface area contributed by atoms with Gasteiger partial charge in [0.2, 0.25) is 5.91 Å². The van der Waals surface area contributed by atoms with Crippen molar-refractivity contribution >= 4 is 5.91 Å². The smallest absolute Gasteiger partial charge is 0.224 e. The van der Waals surface area contributed by atoms with Gasteiger partial charge in [0, 0.05) is 7.05 Å². The first-order valence-corrected chi connectivity index (χ1v) is 9.26. The highest BCUT2D eigenvalue weighted by atomic mass is 19.1. The molecule has 1 amide bonds. The minimum atomic E-state index is -0.329. The largest absolute Gasteiger partial charge is 0.486 e. The normalized spacial score (nSPS) is 13.5. The van der Waals surface area contributed by atoms with Gasteiger partial charge in [-0.1, -0.05) is 25.1 Å². The highest BCUT2D eigenvalue weighted by Gasteiger charge is 2.27. The molecular formula is C22H26FNO2. The Morgan fingerprint density at radius 1 is 1.27 bits per heavy atom. The molecule has 0 heterocycles. The Bertz CT molecular complexity index is 812. The number of nitrogens with one attached hydrogen (secondary N) is 1. The molecule has 1 N–H and O–H groups in total. The van der Waals surface area contributed by atoms with Gasteiger partial charge in [-0.2, -0.15) is 0 Å². The lowest BCUT2D eigenvalue weighted by atomic mass is 9.96. The van der Waals surface area contributed by atoms with Crippen molar-refractivity contribution < 1.29 is 13.9 Å². The average Bonchev–Trinajstić information content (AvgIpc) is 3.47. The van der Waals surface area contributed by atoms with Crippen LogP contribution >= 0.6 is 0 Å². The number of carbonyl (C=O) groups is 1. The molecule has 0 spiro atoms. The number of likely N-dealkylation sites (N-methyl/N-ethyl adjacent to an activating group) is 1. The van der Waals surface area contributed by atoms with E-state index in [9.17, 15) is 9.18 Å². The Morgan fingerprint density at radius 3 is 2.69 bits per heavy atom. The van der Waals surface area contributed by atoms with Crippen molar-refractivity contribution in [3.05, 3.63) is 64.0 Å². The summed E-state index contributed by atoms with van der Waals surface area (Å²) in [4.78, 5) is 11.9. The summed E-state index contributed by atoms with van der Waals surface area (Å²) in [5, 5.41) is 2.67. The zero-order valence-corrected chi connectivity index (χ0v) is 15.7. The van der Waals surface area contributed by atoms with Gasteiger partial charge in [-0.15, -0.1) is 0 Å². The molecule has 0 radical (unpaired) electrons. The van der Waals surface area contributed by atoms with Gasteiger partial charge in [0.15, 0.2) is 11.6 Å². The Hall–Kier alpha value is -2.36. The fraction of sp³-hybridized carbons (Fsp3) is 0.409. The van der Waals surface area contributed by atoms with E-state index in [0.717, 1.165) is 41.5 Å². The molecule has 1 aliphatic rings. The van der Waals surface area contributed by atoms with Crippen molar-refractivity contribution in [2.75, 3.05) is 7.05 Å². The molecule has 0 aliphatic heterocycles. The fourth-order valence-corrected chi connectivity index (χ4v) is 3.37. The van der Waals surface area contributed by atoms with Crippen LogP contribution < -0.4 is 10.1 Å². The zero-order chi connectivity index (χ0) is 18.7. The third-order valence-electron chi connectivity index (χ3n) is 5.10. The predicted octanol–water partition coefficient (Wildman–Crippen LogP) is 4.44. The minimum Gasteiger partial charge on any atom is -0.486 e. The second-order valence-corrected chi connectivity index (χ2v) is 6.96. The number of hydrogen-bond donors (Lipinski definition) is 1. The number of rotatable bonds is 7. The lowest BCUT2D eigenvalue weighted by molar-refractivity contribution is -0.119. The van der Waals surface area contributed by atoms with Crippen LogP contribution in [0.15, 0.2) is 30.3 Å². The van der Waals surface area contributed by atoms with Gasteiger partial charge in [0.05, 0.1) is 6.42 Å². The number of halogens is 1. The van der Waals surface area contributed by atoms with Gasteiger partial charge in [0.25, 0.3) is 0 Å². The summed E-state index contributed by atoms with van der Waals surface area (Å²) in [6.07, 6.45) is 3.43. The molecule has 1 fully saturated rings. The molecule has 1 aliphatic carbocycles. The van der Waals surface area contributed by atoms with Gasteiger partial charge in [-0.25, -0.2) is 4.39 Å². The lowest BCUT2D eigenvalue weighted by Crippen LogP contribution is -2.21. The van der Waals surface area contributed by atoms with Crippen molar-refractivity contribution in [1.29, 1.82) is 0 Å². The van der Waals surface area contributed by atoms with Crippen LogP contribution in [0.5, 0.6) is 5.75 Å². The summed E-state index contributed by atoms with van der Waals surface area (Å²) < 4.78 is 20.2. The van der Waals surface area contributed by atoms with Crippen molar-refractivity contribution in [2.45, 2.75) is 52.1 Å². The first kappa shape index (κ1) is 18.4. The second kappa shape index (κ2) is 7.90. The molecule has 4 heteroatoms. The summed E-state index contributed by atoms with van der Waals surface area (Å²) in [6.45, 7) is 4.26. The van der Waals surface area contributed by atoms with Crippen LogP contribution in [0.1, 0.15) is 53.5 Å². The minimum absolute atomic E-state index is 0.0338. The maximum atomic E-state index is 14.4. The first-order chi connectivity index (χ1) is 12.5. The van der Waals surface area contributed by atoms with E-state index in [4.69, 9.17) is 4.74 Å². The third kappa shape index (κ3) is 4.06. The number of ether oxygens (including phenoxy) is 1. The van der Waals surface area contributed by atoms with Crippen LogP contribution in [0.25, 0.3) is 0 Å². The van der Waals surface area contributed by atoms with E-state index in [-0.39, 0.29) is 24.1 Å². The first-order valence-electron chi connectivity index (χ1n) is 9.26. The highest BCUT2D eigenvalue weighted by Crippen LogP contribution is 2.42. The summed E-state index contributed by atoms with van der Waals surface area (Å²) in [5.41, 5.74) is 5.23. The molecule has 138 valence electrons. The lowest BCUT2D eigenvalue weighted by Gasteiger charge is -2.16. The number of hydrogen-bond acceptors (Lipinski definition) is 2. The Balaban J connectivity index is 1.87. The molecule has 2 aromatic carbocycles. The van der Waals surface area contributed by atoms with Crippen LogP contribution in [0.2, 0.25) is 0 Å². The van der Waals surface area contributed by atoms with Crippen molar-refractivity contribution in [2.24, 2.45) is 0 Å². The molecule has 26 heavy (non-hydrogen) atoms. The monoisotopic (exact) mass is 355 g/mol. The molecule has 1 saturated carbocycles. The van der Waals surface area contributed by atoms with Crippen LogP contribution in [0.4, 0.5) is 4.39 Å². The van der Waals surface area contributed by atoms with Gasteiger partial charge < -0.3 is 10.1 Å². The summed E-state index contributed by atoms with van der Waals surface area (Å²) >= 11 is 0. The molecule has 0 atom stereocenters. The van der Waals surface area contributed by atoms with Gasteiger partial charge in [-0.05, 0) is 72.1 Å². The SMILES string of the molecule is CCc1cc(F)c(OCc2c(CC(=O)NC)cccc2C2CC2)cc1C. The topological polar surface area (TPSA) is 38.3 Å². The number of aryl methyl sites for hydroxylation is 2. The molecule has 0 aromatic heterocycles. The third-order valence-corrected chi connectivity index (χ3v) is 5.10. The fourth-order valence-electron chi connectivity index (χ4n) is 3.37. The van der Waals surface area contributed by atoms with Crippen LogP contribution in [0.3, 0.4) is 0 Å². The molecule has 3 nitrogen and oxygen atoms in total. The van der Waals surface area contributed by atoms with Gasteiger partial charge in [-0.3, -0.25) is 4.79 Å². The van der Waals surface area contributed by atoms with E-state index in [2.05, 4.69) is 11.4 Å². The number of carbonyl (C=O) groups excluding carboxylic acids is 1. The van der Waals surface area contributed by atoms with Crippen LogP contribution in [-0.2, 0) is 24.2 Å². The quantitative estimate of drug-likeness (QED) is 0.797. The number of amides is 1. The second-order valence-electron chi connectivity index (χ2n) is 6.96. The van der Waals surface area contributed by atoms with E-state index in [1.165, 1.54) is 5.56 Å². The van der Waals surface area contributed by atoms with E-state index >= 15 is 0 Å². The number of benzene rings is 2. The highest BCUT2D eigenvalue weighted by molar-refractivity contribution is 5.78. The van der Waals surface area contributed by atoms with E-state index < -0.39 is 0 Å². The summed E-state index contributed by atoms with van der Waals surface area (Å²) in [6, 6.07) is 9.39. The Labute approximate surface area is 154 Å². The maximum Gasteiger partial charge on any atom is 0.224 e. The molecule has 2 aromatic rings. The molecule has 3 rings (SSSR count).